The highest BCUT2D eigenvalue weighted by Crippen LogP contribution is 2.68. The number of nitrogens with two attached hydrogens (primary N) is 1. The second-order valence-corrected chi connectivity index (χ2v) is 11.5. The number of carbonyl (C=O) groups is 1. The first kappa shape index (κ1) is 19.8. The van der Waals surface area contributed by atoms with E-state index < -0.39 is 0 Å². The summed E-state index contributed by atoms with van der Waals surface area (Å²) in [5.41, 5.74) is 6.59. The van der Waals surface area contributed by atoms with E-state index in [1.54, 1.807) is 0 Å². The second kappa shape index (κ2) is 7.38. The summed E-state index contributed by atoms with van der Waals surface area (Å²) in [4.78, 5) is 11.1. The molecular weight excluding hydrogens is 330 g/mol. The average molecular weight is 374 g/mol. The fourth-order valence-corrected chi connectivity index (χ4v) is 9.07. The lowest BCUT2D eigenvalue weighted by Crippen LogP contribution is -2.53. The van der Waals surface area contributed by atoms with E-state index in [2.05, 4.69) is 20.8 Å². The van der Waals surface area contributed by atoms with Gasteiger partial charge < -0.3 is 5.73 Å². The van der Waals surface area contributed by atoms with Gasteiger partial charge in [-0.1, -0.05) is 33.6 Å². The van der Waals surface area contributed by atoms with Crippen molar-refractivity contribution in [3.63, 3.8) is 0 Å². The van der Waals surface area contributed by atoms with Gasteiger partial charge in [0.2, 0.25) is 5.91 Å². The second-order valence-electron chi connectivity index (χ2n) is 11.5. The van der Waals surface area contributed by atoms with Gasteiger partial charge in [0.25, 0.3) is 0 Å². The molecule has 0 radical (unpaired) electrons. The molecule has 4 rings (SSSR count). The summed E-state index contributed by atoms with van der Waals surface area (Å²) in [6.45, 7) is 7.81. The lowest BCUT2D eigenvalue weighted by molar-refractivity contribution is -0.118. The molecule has 0 saturated heterocycles. The van der Waals surface area contributed by atoms with Gasteiger partial charge in [0.1, 0.15) is 0 Å². The summed E-state index contributed by atoms with van der Waals surface area (Å²) in [7, 11) is 0. The Morgan fingerprint density at radius 2 is 1.74 bits per heavy atom. The van der Waals surface area contributed by atoms with Gasteiger partial charge in [-0.2, -0.15) is 0 Å². The van der Waals surface area contributed by atoms with Crippen LogP contribution in [0.25, 0.3) is 0 Å². The highest BCUT2D eigenvalue weighted by Gasteiger charge is 2.59. The molecule has 1 unspecified atom stereocenters. The lowest BCUT2D eigenvalue weighted by atomic mass is 9.44. The summed E-state index contributed by atoms with van der Waals surface area (Å²) in [5.74, 6) is 5.51. The minimum Gasteiger partial charge on any atom is -0.370 e. The first-order chi connectivity index (χ1) is 12.9. The Bertz CT molecular complexity index is 559. The van der Waals surface area contributed by atoms with Crippen LogP contribution < -0.4 is 5.73 Å². The van der Waals surface area contributed by atoms with Crippen molar-refractivity contribution in [3.8, 4) is 0 Å². The summed E-state index contributed by atoms with van der Waals surface area (Å²) in [6.07, 6.45) is 17.6. The van der Waals surface area contributed by atoms with E-state index in [1.165, 1.54) is 70.6 Å². The smallest absolute Gasteiger partial charge is 0.217 e. The molecule has 8 atom stereocenters. The molecule has 4 saturated carbocycles. The quantitative estimate of drug-likeness (QED) is 0.601. The number of fused-ring (bicyclic) bond motifs is 5. The Morgan fingerprint density at radius 1 is 0.963 bits per heavy atom. The molecule has 2 nitrogen and oxygen atoms in total. The Kier molecular flexibility index (Phi) is 5.40. The van der Waals surface area contributed by atoms with Crippen molar-refractivity contribution in [2.24, 2.45) is 52.1 Å². The van der Waals surface area contributed by atoms with E-state index >= 15 is 0 Å². The summed E-state index contributed by atoms with van der Waals surface area (Å²) in [5, 5.41) is 0. The molecule has 1 amide bonds. The van der Waals surface area contributed by atoms with Gasteiger partial charge in [0, 0.05) is 6.42 Å². The maximum atomic E-state index is 11.1. The largest absolute Gasteiger partial charge is 0.370 e. The molecule has 0 aliphatic heterocycles. The van der Waals surface area contributed by atoms with Crippen LogP contribution in [0.2, 0.25) is 0 Å². The van der Waals surface area contributed by atoms with E-state index in [0.29, 0.717) is 17.3 Å². The molecule has 2 N–H and O–H groups in total. The van der Waals surface area contributed by atoms with Gasteiger partial charge in [-0.15, -0.1) is 0 Å². The Morgan fingerprint density at radius 3 is 2.52 bits per heavy atom. The fraction of sp³-hybridized carbons (Fsp3) is 0.960. The van der Waals surface area contributed by atoms with Crippen molar-refractivity contribution in [1.82, 2.24) is 0 Å². The number of rotatable bonds is 5. The van der Waals surface area contributed by atoms with Gasteiger partial charge in [-0.05, 0) is 111 Å². The van der Waals surface area contributed by atoms with Crippen molar-refractivity contribution in [2.45, 2.75) is 104 Å². The van der Waals surface area contributed by atoms with E-state index in [4.69, 9.17) is 5.73 Å². The van der Waals surface area contributed by atoms with E-state index in [1.807, 2.05) is 0 Å². The molecule has 2 heteroatoms. The van der Waals surface area contributed by atoms with Crippen LogP contribution in [0.4, 0.5) is 0 Å². The van der Waals surface area contributed by atoms with Gasteiger partial charge in [-0.3, -0.25) is 4.79 Å². The first-order valence-corrected chi connectivity index (χ1v) is 12.1. The van der Waals surface area contributed by atoms with Gasteiger partial charge in [-0.25, -0.2) is 0 Å². The number of carbonyl (C=O) groups excluding carboxylic acids is 1. The van der Waals surface area contributed by atoms with Crippen molar-refractivity contribution < 1.29 is 4.79 Å². The number of hydrogen-bond acceptors (Lipinski definition) is 1. The molecule has 0 aromatic heterocycles. The standard InChI is InChI=1S/C25H43NO/c1-17(7-6-9-23(26)27)20-12-13-21-19-11-10-18-8-4-5-15-24(18,2)22(19)14-16-25(20,21)3/h17-22H,4-16H2,1-3H3,(H2,26,27)/t17-,18?,19+,20-,21+,22+,24+,25-/m1/s1. The third kappa shape index (κ3) is 3.27. The molecule has 154 valence electrons. The maximum absolute atomic E-state index is 11.1. The monoisotopic (exact) mass is 373 g/mol. The summed E-state index contributed by atoms with van der Waals surface area (Å²) >= 11 is 0. The molecule has 27 heavy (non-hydrogen) atoms. The van der Waals surface area contributed by atoms with E-state index in [9.17, 15) is 4.79 Å². The Hall–Kier alpha value is -0.530. The number of amides is 1. The third-order valence-corrected chi connectivity index (χ3v) is 10.4. The van der Waals surface area contributed by atoms with Gasteiger partial charge in [0.15, 0.2) is 0 Å². The molecule has 0 bridgehead atoms. The van der Waals surface area contributed by atoms with Crippen molar-refractivity contribution in [3.05, 3.63) is 0 Å². The van der Waals surface area contributed by atoms with E-state index in [-0.39, 0.29) is 5.91 Å². The maximum Gasteiger partial charge on any atom is 0.217 e. The van der Waals surface area contributed by atoms with Crippen LogP contribution in [0.1, 0.15) is 104 Å². The Labute approximate surface area is 167 Å². The molecule has 4 aliphatic carbocycles. The van der Waals surface area contributed by atoms with Crippen LogP contribution in [0.3, 0.4) is 0 Å². The fourth-order valence-electron chi connectivity index (χ4n) is 9.07. The predicted octanol–water partition coefficient (Wildman–Crippen LogP) is 6.33. The summed E-state index contributed by atoms with van der Waals surface area (Å²) in [6, 6.07) is 0. The van der Waals surface area contributed by atoms with Crippen molar-refractivity contribution in [2.75, 3.05) is 0 Å². The van der Waals surface area contributed by atoms with Crippen molar-refractivity contribution >= 4 is 5.91 Å². The zero-order valence-corrected chi connectivity index (χ0v) is 18.1. The normalized spacial score (nSPS) is 47.6. The minimum absolute atomic E-state index is 0.129. The molecule has 0 heterocycles. The van der Waals surface area contributed by atoms with Crippen LogP contribution in [0, 0.1) is 46.3 Å². The highest BCUT2D eigenvalue weighted by atomic mass is 16.1. The molecule has 0 aromatic rings. The van der Waals surface area contributed by atoms with E-state index in [0.717, 1.165) is 41.9 Å². The number of primary amides is 1. The van der Waals surface area contributed by atoms with Gasteiger partial charge in [0.05, 0.1) is 0 Å². The van der Waals surface area contributed by atoms with Crippen molar-refractivity contribution in [1.29, 1.82) is 0 Å². The zero-order chi connectivity index (χ0) is 19.2. The predicted molar refractivity (Wildman–Crippen MR) is 112 cm³/mol. The lowest BCUT2D eigenvalue weighted by Gasteiger charge is -2.61. The molecule has 4 fully saturated rings. The van der Waals surface area contributed by atoms with Crippen LogP contribution in [-0.4, -0.2) is 5.91 Å². The minimum atomic E-state index is -0.129. The van der Waals surface area contributed by atoms with Crippen LogP contribution >= 0.6 is 0 Å². The molecular formula is C25H43NO. The zero-order valence-electron chi connectivity index (χ0n) is 18.1. The third-order valence-electron chi connectivity index (χ3n) is 10.4. The van der Waals surface area contributed by atoms with Crippen LogP contribution in [-0.2, 0) is 4.79 Å². The topological polar surface area (TPSA) is 43.1 Å². The highest BCUT2D eigenvalue weighted by molar-refractivity contribution is 5.73. The molecule has 4 aliphatic rings. The molecule has 0 aromatic carbocycles. The number of hydrogen-bond donors (Lipinski definition) is 1. The van der Waals surface area contributed by atoms with Crippen LogP contribution in [0.5, 0.6) is 0 Å². The van der Waals surface area contributed by atoms with Crippen LogP contribution in [0.15, 0.2) is 0 Å². The molecule has 0 spiro atoms. The first-order valence-electron chi connectivity index (χ1n) is 12.1. The average Bonchev–Trinajstić information content (AvgIpc) is 2.98. The Balaban J connectivity index is 1.47. The summed E-state index contributed by atoms with van der Waals surface area (Å²) < 4.78 is 0. The van der Waals surface area contributed by atoms with Gasteiger partial charge >= 0.3 is 0 Å². The SMILES string of the molecule is C[C@H](CCCC(N)=O)[C@H]1CC[C@H]2[C@@H]3CCC4CCCC[C@]4(C)[C@H]3CC[C@]12C.